The van der Waals surface area contributed by atoms with Crippen LogP contribution in [-0.4, -0.2) is 80.4 Å². The van der Waals surface area contributed by atoms with Crippen molar-refractivity contribution >= 4 is 34.2 Å². The van der Waals surface area contributed by atoms with E-state index in [1.54, 1.807) is 17.1 Å². The lowest BCUT2D eigenvalue weighted by Crippen LogP contribution is -2.49. The van der Waals surface area contributed by atoms with Gasteiger partial charge in [0, 0.05) is 43.8 Å². The topological polar surface area (TPSA) is 91.6 Å². The van der Waals surface area contributed by atoms with E-state index >= 15 is 0 Å². The Hall–Kier alpha value is -2.99. The zero-order valence-electron chi connectivity index (χ0n) is 17.0. The van der Waals surface area contributed by atoms with Crippen LogP contribution in [0.4, 0.5) is 13.2 Å². The average Bonchev–Trinajstić information content (AvgIpc) is 3.43. The molecule has 1 amide bonds. The normalized spacial score (nSPS) is 14.8. The van der Waals surface area contributed by atoms with E-state index in [0.29, 0.717) is 0 Å². The number of piperazine rings is 1. The summed E-state index contributed by atoms with van der Waals surface area (Å²) in [6.07, 6.45) is -0.533. The van der Waals surface area contributed by atoms with Gasteiger partial charge < -0.3 is 10.0 Å². The zero-order valence-corrected chi connectivity index (χ0v) is 17.8. The number of aromatic nitrogens is 3. The van der Waals surface area contributed by atoms with E-state index in [1.165, 1.54) is 4.88 Å². The molecular weight excluding hydrogens is 447 g/mol. The lowest BCUT2D eigenvalue weighted by Gasteiger charge is -2.34. The molecule has 4 heterocycles. The van der Waals surface area contributed by atoms with Crippen molar-refractivity contribution in [3.8, 4) is 0 Å². The van der Waals surface area contributed by atoms with E-state index in [-0.39, 0.29) is 12.5 Å². The number of pyridine rings is 1. The fourth-order valence-corrected chi connectivity index (χ4v) is 3.91. The van der Waals surface area contributed by atoms with E-state index in [0.717, 1.165) is 50.2 Å². The predicted molar refractivity (Wildman–Crippen MR) is 112 cm³/mol. The Kier molecular flexibility index (Phi) is 7.80. The summed E-state index contributed by atoms with van der Waals surface area (Å²) in [6, 6.07) is 8.11. The number of thiophene rings is 1. The highest BCUT2D eigenvalue weighted by molar-refractivity contribution is 7.09. The molecule has 1 aliphatic rings. The Morgan fingerprint density at radius 3 is 2.47 bits per heavy atom. The van der Waals surface area contributed by atoms with Crippen molar-refractivity contribution in [1.82, 2.24) is 24.6 Å². The number of amides is 1. The minimum Gasteiger partial charge on any atom is -0.475 e. The number of rotatable bonds is 5. The summed E-state index contributed by atoms with van der Waals surface area (Å²) in [6.45, 7) is 4.82. The maximum Gasteiger partial charge on any atom is 0.490 e. The Morgan fingerprint density at radius 2 is 1.84 bits per heavy atom. The molecule has 4 rings (SSSR count). The molecule has 0 unspecified atom stereocenters. The minimum atomic E-state index is -5.08. The van der Waals surface area contributed by atoms with Crippen LogP contribution >= 0.6 is 11.3 Å². The molecule has 1 aliphatic heterocycles. The summed E-state index contributed by atoms with van der Waals surface area (Å²) in [4.78, 5) is 31.6. The minimum absolute atomic E-state index is 0.131. The van der Waals surface area contributed by atoms with Gasteiger partial charge in [-0.25, -0.2) is 4.79 Å². The molecule has 1 saturated heterocycles. The molecule has 0 aromatic carbocycles. The third-order valence-electron chi connectivity index (χ3n) is 4.92. The molecular formula is C20H22F3N5O3S. The number of alkyl halides is 3. The van der Waals surface area contributed by atoms with E-state index in [4.69, 9.17) is 9.90 Å². The number of nitrogens with zero attached hydrogens (tertiary/aromatic N) is 5. The number of fused-ring (bicyclic) bond motifs is 1. The first-order valence-electron chi connectivity index (χ1n) is 9.83. The smallest absolute Gasteiger partial charge is 0.475 e. The van der Waals surface area contributed by atoms with Crippen LogP contribution < -0.4 is 0 Å². The molecule has 0 bridgehead atoms. The number of carboxylic acid groups (broad SMARTS) is 1. The maximum atomic E-state index is 12.6. The Labute approximate surface area is 185 Å². The van der Waals surface area contributed by atoms with E-state index < -0.39 is 12.1 Å². The molecule has 0 radical (unpaired) electrons. The summed E-state index contributed by atoms with van der Waals surface area (Å²) in [5.74, 6) is -2.63. The summed E-state index contributed by atoms with van der Waals surface area (Å²) < 4.78 is 33.5. The molecule has 1 N–H and O–H groups in total. The van der Waals surface area contributed by atoms with Crippen LogP contribution in [0.2, 0.25) is 0 Å². The van der Waals surface area contributed by atoms with Crippen molar-refractivity contribution in [2.24, 2.45) is 0 Å². The molecule has 0 spiro atoms. The summed E-state index contributed by atoms with van der Waals surface area (Å²) in [5.41, 5.74) is 1.74. The standard InChI is InChI=1S/C18H21N5OS.C2HF3O2/c24-18(14-23-17-4-1-6-19-16(17)13-20-23)22-10-8-21(9-11-22)7-5-15-3-2-12-25-15;3-2(4,5)1(6)7/h1-4,6,12-13H,5,7-11,14H2;(H,6,7). The van der Waals surface area contributed by atoms with Crippen molar-refractivity contribution < 1.29 is 27.9 Å². The Morgan fingerprint density at radius 1 is 1.12 bits per heavy atom. The lowest BCUT2D eigenvalue weighted by atomic mass is 10.2. The average molecular weight is 469 g/mol. The molecule has 1 fully saturated rings. The number of hydrogen-bond acceptors (Lipinski definition) is 6. The molecule has 8 nitrogen and oxygen atoms in total. The van der Waals surface area contributed by atoms with Crippen LogP contribution in [0.15, 0.2) is 42.0 Å². The SMILES string of the molecule is O=C(Cn1ncc2ncccc21)N1CCN(CCc2cccs2)CC1.O=C(O)C(F)(F)F. The number of carboxylic acids is 1. The summed E-state index contributed by atoms with van der Waals surface area (Å²) in [5, 5.41) is 13.6. The van der Waals surface area contributed by atoms with Crippen LogP contribution in [0.3, 0.4) is 0 Å². The highest BCUT2D eigenvalue weighted by Gasteiger charge is 2.38. The molecule has 172 valence electrons. The van der Waals surface area contributed by atoms with Gasteiger partial charge in [-0.05, 0) is 30.0 Å². The van der Waals surface area contributed by atoms with Gasteiger partial charge in [0.15, 0.2) is 0 Å². The molecule has 32 heavy (non-hydrogen) atoms. The van der Waals surface area contributed by atoms with Crippen molar-refractivity contribution in [3.05, 3.63) is 46.9 Å². The molecule has 0 atom stereocenters. The second-order valence-corrected chi connectivity index (χ2v) is 8.10. The third kappa shape index (κ3) is 6.50. The first-order valence-corrected chi connectivity index (χ1v) is 10.7. The quantitative estimate of drug-likeness (QED) is 0.618. The van der Waals surface area contributed by atoms with Gasteiger partial charge in [-0.15, -0.1) is 11.3 Å². The number of carbonyl (C=O) groups is 2. The number of aliphatic carboxylic acids is 1. The van der Waals surface area contributed by atoms with Gasteiger partial charge in [0.2, 0.25) is 5.91 Å². The fourth-order valence-electron chi connectivity index (χ4n) is 3.21. The molecule has 3 aromatic heterocycles. The third-order valence-corrected chi connectivity index (χ3v) is 5.86. The summed E-state index contributed by atoms with van der Waals surface area (Å²) in [7, 11) is 0. The van der Waals surface area contributed by atoms with E-state index in [2.05, 4.69) is 32.5 Å². The van der Waals surface area contributed by atoms with Crippen LogP contribution in [0, 0.1) is 0 Å². The molecule has 0 aliphatic carbocycles. The van der Waals surface area contributed by atoms with Crippen molar-refractivity contribution in [1.29, 1.82) is 0 Å². The van der Waals surface area contributed by atoms with Crippen LogP contribution in [0.1, 0.15) is 4.88 Å². The lowest BCUT2D eigenvalue weighted by molar-refractivity contribution is -0.192. The van der Waals surface area contributed by atoms with Crippen LogP contribution in [0.5, 0.6) is 0 Å². The number of halogens is 3. The van der Waals surface area contributed by atoms with Gasteiger partial charge in [-0.2, -0.15) is 18.3 Å². The van der Waals surface area contributed by atoms with E-state index in [1.807, 2.05) is 28.4 Å². The van der Waals surface area contributed by atoms with Crippen molar-refractivity contribution in [2.45, 2.75) is 19.1 Å². The predicted octanol–water partition coefficient (Wildman–Crippen LogP) is 2.51. The monoisotopic (exact) mass is 469 g/mol. The molecule has 3 aromatic rings. The Bertz CT molecular complexity index is 1030. The second kappa shape index (κ2) is 10.6. The largest absolute Gasteiger partial charge is 0.490 e. The second-order valence-electron chi connectivity index (χ2n) is 7.06. The fraction of sp³-hybridized carbons (Fsp3) is 0.400. The Balaban J connectivity index is 0.000000360. The first-order chi connectivity index (χ1) is 15.2. The van der Waals surface area contributed by atoms with Gasteiger partial charge in [0.1, 0.15) is 12.1 Å². The van der Waals surface area contributed by atoms with Crippen molar-refractivity contribution in [3.63, 3.8) is 0 Å². The van der Waals surface area contributed by atoms with Gasteiger partial charge in [0.25, 0.3) is 0 Å². The van der Waals surface area contributed by atoms with Gasteiger partial charge in [-0.3, -0.25) is 19.4 Å². The van der Waals surface area contributed by atoms with E-state index in [9.17, 15) is 18.0 Å². The summed E-state index contributed by atoms with van der Waals surface area (Å²) >= 11 is 1.81. The van der Waals surface area contributed by atoms with Gasteiger partial charge >= 0.3 is 12.1 Å². The zero-order chi connectivity index (χ0) is 23.1. The highest BCUT2D eigenvalue weighted by atomic mass is 32.1. The van der Waals surface area contributed by atoms with Crippen molar-refractivity contribution in [2.75, 3.05) is 32.7 Å². The highest BCUT2D eigenvalue weighted by Crippen LogP contribution is 2.14. The first kappa shape index (κ1) is 23.7. The van der Waals surface area contributed by atoms with Crippen LogP contribution in [0.25, 0.3) is 11.0 Å². The number of hydrogen-bond donors (Lipinski definition) is 1. The van der Waals surface area contributed by atoms with Crippen LogP contribution in [-0.2, 0) is 22.6 Å². The van der Waals surface area contributed by atoms with Gasteiger partial charge in [0.05, 0.1) is 11.7 Å². The molecule has 12 heteroatoms. The van der Waals surface area contributed by atoms with Gasteiger partial charge in [-0.1, -0.05) is 6.07 Å². The maximum absolute atomic E-state index is 12.6. The number of carbonyl (C=O) groups excluding carboxylic acids is 1. The molecule has 0 saturated carbocycles.